The molecule has 0 aromatic carbocycles. The molecule has 1 N–H and O–H groups in total. The summed E-state index contributed by atoms with van der Waals surface area (Å²) in [6, 6.07) is 0. The summed E-state index contributed by atoms with van der Waals surface area (Å²) in [5.41, 5.74) is 0. The van der Waals surface area contributed by atoms with E-state index in [1.54, 1.807) is 14.0 Å². The third-order valence-corrected chi connectivity index (χ3v) is 1.53. The average Bonchev–Trinajstić information content (AvgIpc) is 1.87. The van der Waals surface area contributed by atoms with Crippen molar-refractivity contribution in [1.29, 1.82) is 0 Å². The van der Waals surface area contributed by atoms with Crippen molar-refractivity contribution in [2.75, 3.05) is 13.7 Å². The minimum atomic E-state index is -0.422. The number of rotatable bonds is 5. The van der Waals surface area contributed by atoms with Gasteiger partial charge in [-0.2, -0.15) is 0 Å². The zero-order valence-electron chi connectivity index (χ0n) is 7.70. The van der Waals surface area contributed by atoms with Crippen LogP contribution in [0.15, 0.2) is 0 Å². The molecule has 0 bridgehead atoms. The molecule has 0 aliphatic heterocycles. The molecule has 0 saturated carbocycles. The minimum Gasteiger partial charge on any atom is -0.391 e. The molecule has 3 heteroatoms. The van der Waals surface area contributed by atoms with Crippen molar-refractivity contribution in [2.24, 2.45) is 0 Å². The van der Waals surface area contributed by atoms with Crippen LogP contribution < -0.4 is 0 Å². The quantitative estimate of drug-likeness (QED) is 0.650. The zero-order valence-corrected chi connectivity index (χ0v) is 7.70. The van der Waals surface area contributed by atoms with E-state index < -0.39 is 6.10 Å². The van der Waals surface area contributed by atoms with Crippen LogP contribution in [0.25, 0.3) is 0 Å². The number of aliphatic hydroxyl groups excluding tert-OH is 1. The van der Waals surface area contributed by atoms with Crippen LogP contribution in [0.3, 0.4) is 0 Å². The van der Waals surface area contributed by atoms with E-state index in [1.165, 1.54) is 0 Å². The molecule has 3 atom stereocenters. The number of ether oxygens (including phenoxy) is 2. The SMILES string of the molecule is COCC(C)OC(C)[C@H](C)O. The van der Waals surface area contributed by atoms with Gasteiger partial charge in [0.2, 0.25) is 0 Å². The Morgan fingerprint density at radius 3 is 2.18 bits per heavy atom. The number of aliphatic hydroxyl groups is 1. The number of hydrogen-bond acceptors (Lipinski definition) is 3. The van der Waals surface area contributed by atoms with Crippen molar-refractivity contribution < 1.29 is 14.6 Å². The van der Waals surface area contributed by atoms with Gasteiger partial charge in [0, 0.05) is 7.11 Å². The maximum absolute atomic E-state index is 9.07. The lowest BCUT2D eigenvalue weighted by atomic mass is 10.2. The van der Waals surface area contributed by atoms with Crippen LogP contribution in [-0.2, 0) is 9.47 Å². The van der Waals surface area contributed by atoms with Gasteiger partial charge in [0.25, 0.3) is 0 Å². The van der Waals surface area contributed by atoms with Gasteiger partial charge >= 0.3 is 0 Å². The van der Waals surface area contributed by atoms with Crippen LogP contribution in [0, 0.1) is 0 Å². The van der Waals surface area contributed by atoms with Crippen molar-refractivity contribution in [2.45, 2.75) is 39.1 Å². The molecule has 2 unspecified atom stereocenters. The van der Waals surface area contributed by atoms with Gasteiger partial charge in [-0.05, 0) is 20.8 Å². The lowest BCUT2D eigenvalue weighted by molar-refractivity contribution is -0.0758. The summed E-state index contributed by atoms with van der Waals surface area (Å²) in [6.07, 6.45) is -0.501. The van der Waals surface area contributed by atoms with Crippen LogP contribution in [0.2, 0.25) is 0 Å². The summed E-state index contributed by atoms with van der Waals surface area (Å²) in [7, 11) is 1.63. The predicted molar refractivity (Wildman–Crippen MR) is 43.6 cm³/mol. The molecule has 0 aliphatic rings. The summed E-state index contributed by atoms with van der Waals surface area (Å²) in [5.74, 6) is 0. The molecule has 0 aromatic heterocycles. The summed E-state index contributed by atoms with van der Waals surface area (Å²) in [5, 5.41) is 9.07. The van der Waals surface area contributed by atoms with Crippen molar-refractivity contribution in [3.63, 3.8) is 0 Å². The highest BCUT2D eigenvalue weighted by molar-refractivity contribution is 4.59. The average molecular weight is 162 g/mol. The molecular formula is C8H18O3. The lowest BCUT2D eigenvalue weighted by Crippen LogP contribution is -2.29. The third-order valence-electron chi connectivity index (χ3n) is 1.53. The van der Waals surface area contributed by atoms with Gasteiger partial charge in [-0.1, -0.05) is 0 Å². The monoisotopic (exact) mass is 162 g/mol. The Labute approximate surface area is 68.3 Å². The fourth-order valence-electron chi connectivity index (χ4n) is 0.754. The van der Waals surface area contributed by atoms with Crippen LogP contribution >= 0.6 is 0 Å². The van der Waals surface area contributed by atoms with E-state index in [4.69, 9.17) is 14.6 Å². The van der Waals surface area contributed by atoms with Gasteiger partial charge in [0.1, 0.15) is 0 Å². The van der Waals surface area contributed by atoms with Gasteiger partial charge in [-0.25, -0.2) is 0 Å². The van der Waals surface area contributed by atoms with E-state index in [2.05, 4.69) is 0 Å². The predicted octanol–water partition coefficient (Wildman–Crippen LogP) is 0.807. The van der Waals surface area contributed by atoms with E-state index in [0.29, 0.717) is 6.61 Å². The maximum atomic E-state index is 9.07. The van der Waals surface area contributed by atoms with Crippen LogP contribution in [0.4, 0.5) is 0 Å². The van der Waals surface area contributed by atoms with E-state index in [1.807, 2.05) is 13.8 Å². The molecule has 0 fully saturated rings. The highest BCUT2D eigenvalue weighted by atomic mass is 16.5. The summed E-state index contributed by atoms with van der Waals surface area (Å²) in [4.78, 5) is 0. The Hall–Kier alpha value is -0.120. The second-order valence-corrected chi connectivity index (χ2v) is 2.85. The molecule has 0 aromatic rings. The van der Waals surface area contributed by atoms with Crippen molar-refractivity contribution >= 4 is 0 Å². The molecule has 68 valence electrons. The second kappa shape index (κ2) is 5.52. The highest BCUT2D eigenvalue weighted by Gasteiger charge is 2.12. The molecule has 0 aliphatic carbocycles. The van der Waals surface area contributed by atoms with Gasteiger partial charge in [-0.3, -0.25) is 0 Å². The van der Waals surface area contributed by atoms with Gasteiger partial charge in [-0.15, -0.1) is 0 Å². The van der Waals surface area contributed by atoms with Gasteiger partial charge < -0.3 is 14.6 Å². The zero-order chi connectivity index (χ0) is 8.85. The first-order valence-electron chi connectivity index (χ1n) is 3.90. The number of hydrogen-bond donors (Lipinski definition) is 1. The van der Waals surface area contributed by atoms with E-state index in [-0.39, 0.29) is 12.2 Å². The Morgan fingerprint density at radius 1 is 1.27 bits per heavy atom. The molecule has 0 amide bonds. The number of methoxy groups -OCH3 is 1. The Bertz CT molecular complexity index is 93.3. The molecule has 3 nitrogen and oxygen atoms in total. The van der Waals surface area contributed by atoms with Crippen LogP contribution in [0.5, 0.6) is 0 Å². The van der Waals surface area contributed by atoms with Crippen molar-refractivity contribution in [1.82, 2.24) is 0 Å². The fourth-order valence-corrected chi connectivity index (χ4v) is 0.754. The standard InChI is InChI=1S/C8H18O3/c1-6(5-10-4)11-8(3)7(2)9/h6-9H,5H2,1-4H3/t6?,7-,8?/m0/s1. The second-order valence-electron chi connectivity index (χ2n) is 2.85. The summed E-state index contributed by atoms with van der Waals surface area (Å²) in [6.45, 7) is 6.04. The molecule has 0 radical (unpaired) electrons. The molecular weight excluding hydrogens is 144 g/mol. The fraction of sp³-hybridized carbons (Fsp3) is 1.00. The Morgan fingerprint density at radius 2 is 1.82 bits per heavy atom. The van der Waals surface area contributed by atoms with Crippen molar-refractivity contribution in [3.05, 3.63) is 0 Å². The van der Waals surface area contributed by atoms with E-state index in [9.17, 15) is 0 Å². The molecule has 11 heavy (non-hydrogen) atoms. The first-order valence-corrected chi connectivity index (χ1v) is 3.90. The molecule has 0 rings (SSSR count). The largest absolute Gasteiger partial charge is 0.391 e. The third kappa shape index (κ3) is 5.18. The van der Waals surface area contributed by atoms with Gasteiger partial charge in [0.15, 0.2) is 0 Å². The van der Waals surface area contributed by atoms with E-state index in [0.717, 1.165) is 0 Å². The maximum Gasteiger partial charge on any atom is 0.0807 e. The van der Waals surface area contributed by atoms with Crippen LogP contribution in [-0.4, -0.2) is 37.1 Å². The molecule has 0 heterocycles. The van der Waals surface area contributed by atoms with Gasteiger partial charge in [0.05, 0.1) is 24.9 Å². The smallest absolute Gasteiger partial charge is 0.0807 e. The minimum absolute atomic E-state index is 0.0459. The topological polar surface area (TPSA) is 38.7 Å². The lowest BCUT2D eigenvalue weighted by Gasteiger charge is -2.20. The summed E-state index contributed by atoms with van der Waals surface area (Å²) < 4.78 is 10.3. The van der Waals surface area contributed by atoms with Crippen molar-refractivity contribution in [3.8, 4) is 0 Å². The molecule has 0 spiro atoms. The normalized spacial score (nSPS) is 19.4. The Kier molecular flexibility index (Phi) is 5.46. The first kappa shape index (κ1) is 10.9. The first-order chi connectivity index (χ1) is 5.07. The Balaban J connectivity index is 3.48. The highest BCUT2D eigenvalue weighted by Crippen LogP contribution is 2.02. The van der Waals surface area contributed by atoms with Crippen LogP contribution in [0.1, 0.15) is 20.8 Å². The molecule has 0 saturated heterocycles. The van der Waals surface area contributed by atoms with E-state index >= 15 is 0 Å². The summed E-state index contributed by atoms with van der Waals surface area (Å²) >= 11 is 0.